The highest BCUT2D eigenvalue weighted by Gasteiger charge is 2.42. The van der Waals surface area contributed by atoms with Crippen molar-refractivity contribution in [2.75, 3.05) is 19.6 Å². The predicted octanol–water partition coefficient (Wildman–Crippen LogP) is 10.1. The number of nitriles is 1. The maximum Gasteiger partial charge on any atom is 0.386 e. The zero-order chi connectivity index (χ0) is 33.6. The van der Waals surface area contributed by atoms with Gasteiger partial charge in [-0.2, -0.15) is 18.4 Å². The molecular weight excluding hydrogens is 628 g/mol. The predicted molar refractivity (Wildman–Crippen MR) is 173 cm³/mol. The minimum absolute atomic E-state index is 0.0956. The lowest BCUT2D eigenvalue weighted by molar-refractivity contribution is -0.110. The van der Waals surface area contributed by atoms with E-state index in [2.05, 4.69) is 49.6 Å². The van der Waals surface area contributed by atoms with Gasteiger partial charge in [0.2, 0.25) is 0 Å². The molecule has 2 fully saturated rings. The van der Waals surface area contributed by atoms with Crippen molar-refractivity contribution >= 4 is 23.2 Å². The number of alkyl halides is 3. The SMILES string of the molecule is CC(C)(CC1NCC(c2cccc(Cl)c2F)C1C#N)C1CCNCC1.CC(F)(F)F.Cc1ccccc1.Fc1cccc(Cl)c1. The second-order valence-electron chi connectivity index (χ2n) is 12.0. The van der Waals surface area contributed by atoms with E-state index < -0.39 is 6.18 Å². The Morgan fingerprint density at radius 2 is 1.49 bits per heavy atom. The number of piperidine rings is 1. The summed E-state index contributed by atoms with van der Waals surface area (Å²) in [5.74, 6) is -0.379. The van der Waals surface area contributed by atoms with Crippen molar-refractivity contribution in [3.05, 3.63) is 106 Å². The molecule has 246 valence electrons. The molecule has 0 amide bonds. The van der Waals surface area contributed by atoms with Crippen LogP contribution in [0.25, 0.3) is 0 Å². The topological polar surface area (TPSA) is 47.9 Å². The van der Waals surface area contributed by atoms with Crippen LogP contribution in [0.3, 0.4) is 0 Å². The van der Waals surface area contributed by atoms with Crippen molar-refractivity contribution in [1.82, 2.24) is 10.6 Å². The van der Waals surface area contributed by atoms with E-state index in [0.29, 0.717) is 23.0 Å². The number of aryl methyl sites for hydroxylation is 1. The number of rotatable bonds is 4. The van der Waals surface area contributed by atoms with E-state index in [1.807, 2.05) is 18.2 Å². The van der Waals surface area contributed by atoms with Gasteiger partial charge in [0.1, 0.15) is 11.6 Å². The van der Waals surface area contributed by atoms with Crippen LogP contribution in [0.2, 0.25) is 10.0 Å². The molecule has 5 rings (SSSR count). The van der Waals surface area contributed by atoms with Crippen LogP contribution in [0, 0.1) is 47.1 Å². The third kappa shape index (κ3) is 14.1. The van der Waals surface area contributed by atoms with Crippen LogP contribution < -0.4 is 10.6 Å². The highest BCUT2D eigenvalue weighted by atomic mass is 35.5. The summed E-state index contributed by atoms with van der Waals surface area (Å²) >= 11 is 11.3. The average molecular weight is 671 g/mol. The molecule has 0 aliphatic carbocycles. The number of hydrogen-bond acceptors (Lipinski definition) is 3. The quantitative estimate of drug-likeness (QED) is 0.272. The Hall–Kier alpha value is -2.70. The summed E-state index contributed by atoms with van der Waals surface area (Å²) < 4.78 is 57.6. The molecule has 0 bridgehead atoms. The normalized spacial score (nSPS) is 19.9. The van der Waals surface area contributed by atoms with Crippen molar-refractivity contribution in [1.29, 1.82) is 5.26 Å². The van der Waals surface area contributed by atoms with E-state index in [4.69, 9.17) is 23.2 Å². The van der Waals surface area contributed by atoms with Crippen molar-refractivity contribution in [2.45, 2.75) is 65.1 Å². The third-order valence-electron chi connectivity index (χ3n) is 7.91. The van der Waals surface area contributed by atoms with Gasteiger partial charge in [0, 0.05) is 30.5 Å². The van der Waals surface area contributed by atoms with Crippen LogP contribution in [0.5, 0.6) is 0 Å². The molecule has 2 heterocycles. The van der Waals surface area contributed by atoms with Gasteiger partial charge in [-0.25, -0.2) is 8.78 Å². The van der Waals surface area contributed by atoms with Gasteiger partial charge in [-0.05, 0) is 80.4 Å². The van der Waals surface area contributed by atoms with Crippen LogP contribution in [-0.4, -0.2) is 31.9 Å². The van der Waals surface area contributed by atoms with Crippen molar-refractivity contribution in [3.8, 4) is 6.07 Å². The minimum Gasteiger partial charge on any atom is -0.317 e. The van der Waals surface area contributed by atoms with Gasteiger partial charge in [0.15, 0.2) is 0 Å². The molecule has 2 aliphatic heterocycles. The Balaban J connectivity index is 0.000000284. The molecule has 10 heteroatoms. The van der Waals surface area contributed by atoms with Gasteiger partial charge in [0.25, 0.3) is 0 Å². The van der Waals surface area contributed by atoms with Crippen molar-refractivity contribution < 1.29 is 22.0 Å². The first kappa shape index (κ1) is 38.5. The van der Waals surface area contributed by atoms with Gasteiger partial charge in [-0.3, -0.25) is 0 Å². The number of halogens is 7. The lowest BCUT2D eigenvalue weighted by Crippen LogP contribution is -2.40. The van der Waals surface area contributed by atoms with Gasteiger partial charge in [0.05, 0.1) is 17.0 Å². The van der Waals surface area contributed by atoms with Crippen molar-refractivity contribution in [3.63, 3.8) is 0 Å². The molecule has 3 aromatic carbocycles. The molecule has 2 saturated heterocycles. The first-order chi connectivity index (χ1) is 21.1. The summed E-state index contributed by atoms with van der Waals surface area (Å²) in [6, 6.07) is 23.7. The molecule has 45 heavy (non-hydrogen) atoms. The van der Waals surface area contributed by atoms with E-state index in [1.165, 1.54) is 30.5 Å². The number of nitrogens with zero attached hydrogens (tertiary/aromatic N) is 1. The van der Waals surface area contributed by atoms with Gasteiger partial charge in [-0.1, -0.05) is 91.1 Å². The minimum atomic E-state index is -4.00. The standard InChI is InChI=1S/C20H27ClFN3.C7H8.C6H4ClF.C2H3F3/c1-20(2,13-6-8-24-9-7-13)10-18-15(11-23)16(12-25-18)14-4-3-5-17(21)19(14)22;1-7-5-3-2-4-6-7;7-5-2-1-3-6(8)4-5;1-2(3,4)5/h3-5,13,15-16,18,24-25H,6-10,12H2,1-2H3;2-6H,1H3;1-4H;1H3. The van der Waals surface area contributed by atoms with Crippen LogP contribution in [0.15, 0.2) is 72.8 Å². The van der Waals surface area contributed by atoms with Gasteiger partial charge >= 0.3 is 6.18 Å². The highest BCUT2D eigenvalue weighted by molar-refractivity contribution is 6.31. The average Bonchev–Trinajstić information content (AvgIpc) is 3.36. The third-order valence-corrected chi connectivity index (χ3v) is 8.44. The molecule has 3 nitrogen and oxygen atoms in total. The van der Waals surface area contributed by atoms with Gasteiger partial charge < -0.3 is 10.6 Å². The smallest absolute Gasteiger partial charge is 0.317 e. The van der Waals surface area contributed by atoms with E-state index in [0.717, 1.165) is 19.5 Å². The van der Waals surface area contributed by atoms with E-state index in [9.17, 15) is 27.2 Å². The Kier molecular flexibility index (Phi) is 15.8. The summed E-state index contributed by atoms with van der Waals surface area (Å²) in [5.41, 5.74) is 2.05. The first-order valence-corrected chi connectivity index (χ1v) is 15.6. The molecule has 3 atom stereocenters. The molecule has 0 radical (unpaired) electrons. The molecule has 3 aromatic rings. The fourth-order valence-corrected chi connectivity index (χ4v) is 5.99. The van der Waals surface area contributed by atoms with Crippen LogP contribution in [0.1, 0.15) is 57.1 Å². The van der Waals surface area contributed by atoms with Crippen LogP contribution >= 0.6 is 23.2 Å². The maximum atomic E-state index is 14.4. The maximum absolute atomic E-state index is 14.4. The highest BCUT2D eigenvalue weighted by Crippen LogP contribution is 2.43. The van der Waals surface area contributed by atoms with Gasteiger partial charge in [-0.15, -0.1) is 0 Å². The lowest BCUT2D eigenvalue weighted by Gasteiger charge is -2.39. The molecule has 0 saturated carbocycles. The number of nitrogens with one attached hydrogen (secondary N) is 2. The van der Waals surface area contributed by atoms with E-state index >= 15 is 0 Å². The molecule has 0 aromatic heterocycles. The van der Waals surface area contributed by atoms with Crippen molar-refractivity contribution in [2.24, 2.45) is 17.3 Å². The molecule has 2 N–H and O–H groups in total. The lowest BCUT2D eigenvalue weighted by atomic mass is 9.68. The monoisotopic (exact) mass is 669 g/mol. The summed E-state index contributed by atoms with van der Waals surface area (Å²) in [6.45, 7) is 9.67. The number of benzene rings is 3. The Labute approximate surface area is 274 Å². The molecule has 0 spiro atoms. The zero-order valence-electron chi connectivity index (χ0n) is 26.1. The largest absolute Gasteiger partial charge is 0.386 e. The Morgan fingerprint density at radius 3 is 1.98 bits per heavy atom. The van der Waals surface area contributed by atoms with Crippen LogP contribution in [-0.2, 0) is 0 Å². The van der Waals surface area contributed by atoms with E-state index in [-0.39, 0.29) is 46.9 Å². The molecule has 2 aliphatic rings. The Morgan fingerprint density at radius 1 is 0.889 bits per heavy atom. The second-order valence-corrected chi connectivity index (χ2v) is 12.9. The zero-order valence-corrected chi connectivity index (χ0v) is 27.6. The Bertz CT molecular complexity index is 1320. The second kappa shape index (κ2) is 18.4. The first-order valence-electron chi connectivity index (χ1n) is 14.9. The molecular formula is C35H42Cl2F5N3. The fourth-order valence-electron chi connectivity index (χ4n) is 5.63. The molecule has 3 unspecified atom stereocenters. The summed E-state index contributed by atoms with van der Waals surface area (Å²) in [6.07, 6.45) is -0.693. The summed E-state index contributed by atoms with van der Waals surface area (Å²) in [4.78, 5) is 0. The van der Waals surface area contributed by atoms with Crippen LogP contribution in [0.4, 0.5) is 22.0 Å². The fraction of sp³-hybridized carbons (Fsp3) is 0.457. The summed E-state index contributed by atoms with van der Waals surface area (Å²) in [7, 11) is 0. The number of hydrogen-bond donors (Lipinski definition) is 2. The summed E-state index contributed by atoms with van der Waals surface area (Å²) in [5, 5.41) is 17.3. The van der Waals surface area contributed by atoms with E-state index in [1.54, 1.807) is 30.3 Å².